The first-order valence-corrected chi connectivity index (χ1v) is 28.8. The molecule has 0 aromatic carbocycles. The zero-order chi connectivity index (χ0) is 46.5. The topological polar surface area (TPSA) is 89.8 Å². The molecule has 1 amide bonds. The Morgan fingerprint density at radius 3 is 1.00 bits per heavy atom. The molecule has 5 nitrogen and oxygen atoms in total. The normalized spacial score (nSPS) is 13.5. The number of unbranched alkanes of at least 4 members (excludes halogenated alkanes) is 40. The summed E-state index contributed by atoms with van der Waals surface area (Å²) in [7, 11) is 0. The molecule has 0 saturated heterocycles. The molecule has 3 atom stereocenters. The first-order chi connectivity index (χ1) is 31.5. The predicted octanol–water partition coefficient (Wildman–Crippen LogP) is 17.8. The van der Waals surface area contributed by atoms with Gasteiger partial charge in [0.15, 0.2) is 0 Å². The van der Waals surface area contributed by atoms with Gasteiger partial charge in [-0.15, -0.1) is 0 Å². The van der Waals surface area contributed by atoms with Crippen molar-refractivity contribution < 1.29 is 20.1 Å². The minimum atomic E-state index is -0.952. The van der Waals surface area contributed by atoms with Gasteiger partial charge >= 0.3 is 0 Å². The SMILES string of the molecule is CCCCCCCCCCCCCC/C=C\CCCCCCCCCCCCCCC(O)CC(=O)NC(CO)C(O)/C=C/CC/C=C/CCCCCCCCCCCCCCCCC. The largest absolute Gasteiger partial charge is 0.394 e. The maximum atomic E-state index is 12.5. The fourth-order valence-corrected chi connectivity index (χ4v) is 9.00. The van der Waals surface area contributed by atoms with Gasteiger partial charge in [0.1, 0.15) is 0 Å². The van der Waals surface area contributed by atoms with Crippen molar-refractivity contribution in [3.8, 4) is 0 Å². The molecule has 0 saturated carbocycles. The second-order valence-electron chi connectivity index (χ2n) is 19.9. The van der Waals surface area contributed by atoms with Crippen LogP contribution in [0.5, 0.6) is 0 Å². The van der Waals surface area contributed by atoms with Crippen LogP contribution in [0.1, 0.15) is 309 Å². The van der Waals surface area contributed by atoms with Crippen LogP contribution in [0, 0.1) is 0 Å². The zero-order valence-electron chi connectivity index (χ0n) is 43.2. The minimum absolute atomic E-state index is 0.00724. The van der Waals surface area contributed by atoms with Gasteiger partial charge < -0.3 is 20.6 Å². The summed E-state index contributed by atoms with van der Waals surface area (Å²) in [6.45, 7) is 4.24. The molecular formula is C59H113NO4. The number of nitrogens with one attached hydrogen (secondary N) is 1. The van der Waals surface area contributed by atoms with Crippen molar-refractivity contribution in [1.82, 2.24) is 5.32 Å². The minimum Gasteiger partial charge on any atom is -0.394 e. The van der Waals surface area contributed by atoms with Crippen molar-refractivity contribution >= 4 is 5.91 Å². The van der Waals surface area contributed by atoms with E-state index in [2.05, 4.69) is 43.5 Å². The number of carbonyl (C=O) groups is 1. The molecule has 0 rings (SSSR count). The highest BCUT2D eigenvalue weighted by Crippen LogP contribution is 2.17. The van der Waals surface area contributed by atoms with Crippen LogP contribution < -0.4 is 5.32 Å². The van der Waals surface area contributed by atoms with Crippen molar-refractivity contribution in [2.45, 2.75) is 327 Å². The average Bonchev–Trinajstić information content (AvgIpc) is 3.29. The van der Waals surface area contributed by atoms with Gasteiger partial charge in [-0.3, -0.25) is 4.79 Å². The molecular weight excluding hydrogens is 787 g/mol. The number of hydrogen-bond acceptors (Lipinski definition) is 4. The predicted molar refractivity (Wildman–Crippen MR) is 282 cm³/mol. The second-order valence-corrected chi connectivity index (χ2v) is 19.9. The van der Waals surface area contributed by atoms with E-state index >= 15 is 0 Å². The Labute approximate surface area is 400 Å². The van der Waals surface area contributed by atoms with E-state index in [9.17, 15) is 20.1 Å². The van der Waals surface area contributed by atoms with E-state index in [0.29, 0.717) is 6.42 Å². The number of aliphatic hydroxyl groups excluding tert-OH is 3. The van der Waals surface area contributed by atoms with E-state index in [-0.39, 0.29) is 18.9 Å². The van der Waals surface area contributed by atoms with Crippen LogP contribution >= 0.6 is 0 Å². The third kappa shape index (κ3) is 50.0. The third-order valence-corrected chi connectivity index (χ3v) is 13.4. The van der Waals surface area contributed by atoms with Gasteiger partial charge in [-0.05, 0) is 57.8 Å². The van der Waals surface area contributed by atoms with Crippen molar-refractivity contribution in [3.05, 3.63) is 36.5 Å². The Hall–Kier alpha value is -1.43. The van der Waals surface area contributed by atoms with Gasteiger partial charge in [-0.1, -0.05) is 281 Å². The van der Waals surface area contributed by atoms with Crippen LogP contribution in [-0.2, 0) is 4.79 Å². The van der Waals surface area contributed by atoms with Gasteiger partial charge in [-0.25, -0.2) is 0 Å². The van der Waals surface area contributed by atoms with Gasteiger partial charge in [0.2, 0.25) is 5.91 Å². The Kier molecular flexibility index (Phi) is 53.0. The Morgan fingerprint density at radius 1 is 0.391 bits per heavy atom. The highest BCUT2D eigenvalue weighted by Gasteiger charge is 2.20. The fourth-order valence-electron chi connectivity index (χ4n) is 9.00. The van der Waals surface area contributed by atoms with E-state index in [4.69, 9.17) is 0 Å². The zero-order valence-corrected chi connectivity index (χ0v) is 43.2. The highest BCUT2D eigenvalue weighted by atomic mass is 16.3. The number of aliphatic hydroxyl groups is 3. The quantitative estimate of drug-likeness (QED) is 0.0362. The Bertz CT molecular complexity index is 993. The molecule has 0 aliphatic carbocycles. The lowest BCUT2D eigenvalue weighted by Crippen LogP contribution is -2.45. The van der Waals surface area contributed by atoms with Crippen molar-refractivity contribution in [2.75, 3.05) is 6.61 Å². The summed E-state index contributed by atoms with van der Waals surface area (Å²) in [6, 6.07) is -0.762. The molecule has 0 spiro atoms. The maximum Gasteiger partial charge on any atom is 0.222 e. The molecule has 0 radical (unpaired) electrons. The van der Waals surface area contributed by atoms with Crippen LogP contribution in [0.3, 0.4) is 0 Å². The molecule has 0 aliphatic rings. The summed E-state index contributed by atoms with van der Waals surface area (Å²) in [5.74, 6) is -0.321. The van der Waals surface area contributed by atoms with E-state index in [1.54, 1.807) is 6.08 Å². The molecule has 0 fully saturated rings. The lowest BCUT2D eigenvalue weighted by molar-refractivity contribution is -0.124. The molecule has 0 aromatic rings. The van der Waals surface area contributed by atoms with E-state index in [0.717, 1.165) is 32.1 Å². The first kappa shape index (κ1) is 62.6. The number of carbonyl (C=O) groups excluding carboxylic acids is 1. The van der Waals surface area contributed by atoms with Crippen LogP contribution in [-0.4, -0.2) is 46.1 Å². The number of hydrogen-bond donors (Lipinski definition) is 4. The average molecular weight is 901 g/mol. The van der Waals surface area contributed by atoms with E-state index in [1.807, 2.05) is 6.08 Å². The second kappa shape index (κ2) is 54.2. The van der Waals surface area contributed by atoms with Gasteiger partial charge in [0, 0.05) is 0 Å². The van der Waals surface area contributed by atoms with Gasteiger partial charge in [0.25, 0.3) is 0 Å². The van der Waals surface area contributed by atoms with Crippen LogP contribution in [0.25, 0.3) is 0 Å². The lowest BCUT2D eigenvalue weighted by Gasteiger charge is -2.21. The summed E-state index contributed by atoms with van der Waals surface area (Å²) < 4.78 is 0. The summed E-state index contributed by atoms with van der Waals surface area (Å²) >= 11 is 0. The Morgan fingerprint density at radius 2 is 0.672 bits per heavy atom. The maximum absolute atomic E-state index is 12.5. The molecule has 0 bridgehead atoms. The van der Waals surface area contributed by atoms with Crippen LogP contribution in [0.15, 0.2) is 36.5 Å². The van der Waals surface area contributed by atoms with Crippen molar-refractivity contribution in [3.63, 3.8) is 0 Å². The molecule has 0 aliphatic heterocycles. The monoisotopic (exact) mass is 900 g/mol. The summed E-state index contributed by atoms with van der Waals surface area (Å²) in [5, 5.41) is 33.4. The first-order valence-electron chi connectivity index (χ1n) is 28.8. The van der Waals surface area contributed by atoms with Crippen molar-refractivity contribution in [1.29, 1.82) is 0 Å². The lowest BCUT2D eigenvalue weighted by atomic mass is 10.0. The molecule has 378 valence electrons. The molecule has 3 unspecified atom stereocenters. The standard InChI is InChI=1S/C59H113NO4/c1-3-5-7-9-11-13-15-17-19-21-23-25-26-27-28-29-30-31-33-34-36-38-40-42-44-46-48-50-52-56(62)54-59(64)60-57(55-61)58(63)53-51-49-47-45-43-41-39-37-35-32-24-22-20-18-16-14-12-10-8-6-4-2/h27-28,43,45,51,53,56-58,61-63H,3-26,29-42,44,46-50,52,54-55H2,1-2H3,(H,60,64)/b28-27-,45-43+,53-51+. The summed E-state index contributed by atoms with van der Waals surface area (Å²) in [6.07, 6.45) is 70.6. The van der Waals surface area contributed by atoms with Crippen molar-refractivity contribution in [2.24, 2.45) is 0 Å². The Balaban J connectivity index is 3.58. The van der Waals surface area contributed by atoms with Crippen LogP contribution in [0.2, 0.25) is 0 Å². The van der Waals surface area contributed by atoms with E-state index < -0.39 is 18.2 Å². The molecule has 0 heterocycles. The summed E-state index contributed by atoms with van der Waals surface area (Å²) in [5.41, 5.74) is 0. The molecule has 64 heavy (non-hydrogen) atoms. The third-order valence-electron chi connectivity index (χ3n) is 13.4. The number of amides is 1. The smallest absolute Gasteiger partial charge is 0.222 e. The van der Waals surface area contributed by atoms with Crippen LogP contribution in [0.4, 0.5) is 0 Å². The van der Waals surface area contributed by atoms with Gasteiger partial charge in [0.05, 0.1) is 31.3 Å². The fraction of sp³-hybridized carbons (Fsp3) is 0.881. The molecule has 0 aromatic heterocycles. The number of rotatable bonds is 53. The molecule has 5 heteroatoms. The van der Waals surface area contributed by atoms with Gasteiger partial charge in [-0.2, -0.15) is 0 Å². The molecule has 4 N–H and O–H groups in total. The number of allylic oxidation sites excluding steroid dienone is 5. The highest BCUT2D eigenvalue weighted by molar-refractivity contribution is 5.76. The summed E-state index contributed by atoms with van der Waals surface area (Å²) in [4.78, 5) is 12.5. The van der Waals surface area contributed by atoms with E-state index in [1.165, 1.54) is 250 Å².